The number of piperazine rings is 1. The van der Waals surface area contributed by atoms with Gasteiger partial charge in [-0.05, 0) is 25.7 Å². The highest BCUT2D eigenvalue weighted by Gasteiger charge is 2.35. The molecule has 3 aliphatic rings. The van der Waals surface area contributed by atoms with E-state index in [1.54, 1.807) is 11.3 Å². The fourth-order valence-electron chi connectivity index (χ4n) is 3.58. The molecule has 1 aliphatic heterocycles. The summed E-state index contributed by atoms with van der Waals surface area (Å²) >= 11 is 1.77. The van der Waals surface area contributed by atoms with Crippen molar-refractivity contribution in [3.63, 3.8) is 0 Å². The molecular formula is C16H24N4OS. The number of nitrogens with zero attached hydrogens (tertiary/aromatic N) is 4. The lowest BCUT2D eigenvalue weighted by atomic mass is 9.90. The quantitative estimate of drug-likeness (QED) is 0.859. The van der Waals surface area contributed by atoms with Gasteiger partial charge in [0.2, 0.25) is 11.0 Å². The Kier molecular flexibility index (Phi) is 4.03. The third kappa shape index (κ3) is 2.98. The Morgan fingerprint density at radius 2 is 1.68 bits per heavy atom. The number of anilines is 1. The summed E-state index contributed by atoms with van der Waals surface area (Å²) in [6, 6.07) is 0. The molecule has 0 radical (unpaired) electrons. The summed E-state index contributed by atoms with van der Waals surface area (Å²) in [5.41, 5.74) is 0. The van der Waals surface area contributed by atoms with Crippen LogP contribution in [0.3, 0.4) is 0 Å². The van der Waals surface area contributed by atoms with E-state index in [1.165, 1.54) is 37.1 Å². The summed E-state index contributed by atoms with van der Waals surface area (Å²) in [5.74, 6) is 1.35. The van der Waals surface area contributed by atoms with Crippen molar-refractivity contribution in [2.24, 2.45) is 5.92 Å². The standard InChI is InChI=1S/C16H24N4OS/c21-15(13-6-7-13)19-8-10-20(11-9-19)16-18-17-14(22-16)12-4-2-1-3-5-12/h12-13H,1-11H2. The number of aromatic nitrogens is 2. The molecule has 1 aromatic heterocycles. The van der Waals surface area contributed by atoms with Crippen LogP contribution in [-0.4, -0.2) is 47.2 Å². The second kappa shape index (κ2) is 6.14. The Balaban J connectivity index is 1.35. The molecule has 2 saturated carbocycles. The Morgan fingerprint density at radius 3 is 2.36 bits per heavy atom. The minimum Gasteiger partial charge on any atom is -0.343 e. The fourth-order valence-corrected chi connectivity index (χ4v) is 4.64. The average Bonchev–Trinajstić information content (AvgIpc) is 3.32. The zero-order valence-corrected chi connectivity index (χ0v) is 13.9. The smallest absolute Gasteiger partial charge is 0.225 e. The fraction of sp³-hybridized carbons (Fsp3) is 0.812. The molecule has 6 heteroatoms. The van der Waals surface area contributed by atoms with E-state index in [0.29, 0.717) is 17.7 Å². The number of amides is 1. The SMILES string of the molecule is O=C(C1CC1)N1CCN(c2nnc(C3CCCCC3)s2)CC1. The van der Waals surface area contributed by atoms with Crippen LogP contribution in [0.1, 0.15) is 55.9 Å². The maximum Gasteiger partial charge on any atom is 0.225 e. The van der Waals surface area contributed by atoms with E-state index in [9.17, 15) is 4.79 Å². The molecule has 0 N–H and O–H groups in total. The molecule has 5 nitrogen and oxygen atoms in total. The topological polar surface area (TPSA) is 49.3 Å². The number of carbonyl (C=O) groups is 1. The lowest BCUT2D eigenvalue weighted by Gasteiger charge is -2.34. The van der Waals surface area contributed by atoms with Gasteiger partial charge in [-0.1, -0.05) is 30.6 Å². The summed E-state index contributed by atoms with van der Waals surface area (Å²) in [6.07, 6.45) is 8.79. The van der Waals surface area contributed by atoms with Crippen molar-refractivity contribution in [1.82, 2.24) is 15.1 Å². The molecule has 0 unspecified atom stereocenters. The minimum atomic E-state index is 0.339. The lowest BCUT2D eigenvalue weighted by molar-refractivity contribution is -0.132. The van der Waals surface area contributed by atoms with E-state index in [2.05, 4.69) is 15.1 Å². The van der Waals surface area contributed by atoms with Crippen LogP contribution in [0.4, 0.5) is 5.13 Å². The zero-order valence-electron chi connectivity index (χ0n) is 13.0. The summed E-state index contributed by atoms with van der Waals surface area (Å²) in [6.45, 7) is 3.48. The van der Waals surface area contributed by atoms with Crippen molar-refractivity contribution in [3.05, 3.63) is 5.01 Å². The first-order valence-corrected chi connectivity index (χ1v) is 9.50. The monoisotopic (exact) mass is 320 g/mol. The van der Waals surface area contributed by atoms with Gasteiger partial charge in [-0.3, -0.25) is 4.79 Å². The van der Waals surface area contributed by atoms with Crippen LogP contribution in [0.2, 0.25) is 0 Å². The minimum absolute atomic E-state index is 0.339. The first-order chi connectivity index (χ1) is 10.8. The van der Waals surface area contributed by atoms with E-state index >= 15 is 0 Å². The second-order valence-corrected chi connectivity index (χ2v) is 7.83. The number of hydrogen-bond acceptors (Lipinski definition) is 5. The van der Waals surface area contributed by atoms with Crippen LogP contribution >= 0.6 is 11.3 Å². The molecule has 22 heavy (non-hydrogen) atoms. The van der Waals surface area contributed by atoms with E-state index in [-0.39, 0.29) is 0 Å². The summed E-state index contributed by atoms with van der Waals surface area (Å²) in [4.78, 5) is 16.4. The van der Waals surface area contributed by atoms with Crippen LogP contribution in [0.5, 0.6) is 0 Å². The van der Waals surface area contributed by atoms with E-state index < -0.39 is 0 Å². The first-order valence-electron chi connectivity index (χ1n) is 8.68. The molecule has 1 saturated heterocycles. The van der Waals surface area contributed by atoms with Gasteiger partial charge in [-0.25, -0.2) is 0 Å². The number of carbonyl (C=O) groups excluding carboxylic acids is 1. The van der Waals surface area contributed by atoms with Crippen LogP contribution in [0.15, 0.2) is 0 Å². The van der Waals surface area contributed by atoms with Crippen LogP contribution in [-0.2, 0) is 4.79 Å². The van der Waals surface area contributed by atoms with Gasteiger partial charge in [0.25, 0.3) is 0 Å². The number of hydrogen-bond donors (Lipinski definition) is 0. The van der Waals surface area contributed by atoms with E-state index in [0.717, 1.165) is 44.2 Å². The van der Waals surface area contributed by atoms with Gasteiger partial charge in [-0.15, -0.1) is 10.2 Å². The summed E-state index contributed by atoms with van der Waals surface area (Å²) < 4.78 is 0. The van der Waals surface area contributed by atoms with Crippen LogP contribution in [0.25, 0.3) is 0 Å². The van der Waals surface area contributed by atoms with E-state index in [1.807, 2.05) is 4.90 Å². The Hall–Kier alpha value is -1.17. The Bertz CT molecular complexity index is 528. The first kappa shape index (κ1) is 14.4. The third-order valence-corrected chi connectivity index (χ3v) is 6.32. The van der Waals surface area contributed by atoms with Crippen molar-refractivity contribution in [3.8, 4) is 0 Å². The molecule has 1 amide bonds. The maximum atomic E-state index is 12.1. The molecule has 0 bridgehead atoms. The molecule has 2 heterocycles. The van der Waals surface area contributed by atoms with Crippen molar-refractivity contribution in [1.29, 1.82) is 0 Å². The molecule has 0 spiro atoms. The summed E-state index contributed by atoms with van der Waals surface area (Å²) in [7, 11) is 0. The molecule has 120 valence electrons. The van der Waals surface area contributed by atoms with Gasteiger partial charge in [0.15, 0.2) is 0 Å². The lowest BCUT2D eigenvalue weighted by Crippen LogP contribution is -2.49. The molecule has 2 aliphatic carbocycles. The predicted octanol–water partition coefficient (Wildman–Crippen LogP) is 2.64. The predicted molar refractivity (Wildman–Crippen MR) is 87.3 cm³/mol. The van der Waals surface area contributed by atoms with Gasteiger partial charge < -0.3 is 9.80 Å². The number of rotatable bonds is 3. The molecule has 1 aromatic rings. The summed E-state index contributed by atoms with van der Waals surface area (Å²) in [5, 5.41) is 11.2. The van der Waals surface area contributed by atoms with Gasteiger partial charge in [0, 0.05) is 38.0 Å². The van der Waals surface area contributed by atoms with Gasteiger partial charge in [0.1, 0.15) is 5.01 Å². The average molecular weight is 320 g/mol. The van der Waals surface area contributed by atoms with Gasteiger partial charge >= 0.3 is 0 Å². The highest BCUT2D eigenvalue weighted by Crippen LogP contribution is 2.36. The van der Waals surface area contributed by atoms with Gasteiger partial charge in [-0.2, -0.15) is 0 Å². The highest BCUT2D eigenvalue weighted by atomic mass is 32.1. The molecular weight excluding hydrogens is 296 g/mol. The molecule has 0 aromatic carbocycles. The van der Waals surface area contributed by atoms with E-state index in [4.69, 9.17) is 0 Å². The van der Waals surface area contributed by atoms with Crippen molar-refractivity contribution in [2.45, 2.75) is 50.9 Å². The maximum absolute atomic E-state index is 12.1. The normalized spacial score (nSPS) is 23.8. The van der Waals surface area contributed by atoms with Crippen LogP contribution < -0.4 is 4.90 Å². The third-order valence-electron chi connectivity index (χ3n) is 5.17. The molecule has 0 atom stereocenters. The van der Waals surface area contributed by atoms with Crippen molar-refractivity contribution in [2.75, 3.05) is 31.1 Å². The van der Waals surface area contributed by atoms with Crippen LogP contribution in [0, 0.1) is 5.92 Å². The highest BCUT2D eigenvalue weighted by molar-refractivity contribution is 7.15. The Labute approximate surface area is 135 Å². The van der Waals surface area contributed by atoms with Crippen molar-refractivity contribution >= 4 is 22.4 Å². The van der Waals surface area contributed by atoms with Crippen molar-refractivity contribution < 1.29 is 4.79 Å². The molecule has 4 rings (SSSR count). The Morgan fingerprint density at radius 1 is 0.955 bits per heavy atom. The largest absolute Gasteiger partial charge is 0.343 e. The van der Waals surface area contributed by atoms with Gasteiger partial charge in [0.05, 0.1) is 0 Å². The zero-order chi connectivity index (χ0) is 14.9. The second-order valence-electron chi connectivity index (χ2n) is 6.84. The molecule has 3 fully saturated rings.